The molecule has 0 spiro atoms. The zero-order valence-electron chi connectivity index (χ0n) is 16.9. The Bertz CT molecular complexity index is 1380. The van der Waals surface area contributed by atoms with Gasteiger partial charge in [0.15, 0.2) is 0 Å². The van der Waals surface area contributed by atoms with Crippen LogP contribution in [0.25, 0.3) is 10.8 Å². The monoisotopic (exact) mass is 422 g/mol. The van der Waals surface area contributed by atoms with E-state index in [1.165, 1.54) is 4.90 Å². The zero-order chi connectivity index (χ0) is 22.2. The lowest BCUT2D eigenvalue weighted by molar-refractivity contribution is 0.0642. The Labute approximate surface area is 183 Å². The summed E-state index contributed by atoms with van der Waals surface area (Å²) in [5, 5.41) is 14.3. The first-order valence-electron chi connectivity index (χ1n) is 10.1. The van der Waals surface area contributed by atoms with Gasteiger partial charge in [0.05, 0.1) is 17.7 Å². The van der Waals surface area contributed by atoms with Gasteiger partial charge in [-0.1, -0.05) is 42.5 Å². The molecule has 6 heteroatoms. The number of fused-ring (bicyclic) bond motifs is 2. The number of imide groups is 1. The molecule has 0 bridgehead atoms. The Kier molecular flexibility index (Phi) is 4.67. The van der Waals surface area contributed by atoms with E-state index < -0.39 is 0 Å². The molecule has 156 valence electrons. The summed E-state index contributed by atoms with van der Waals surface area (Å²) in [5.41, 5.74) is 2.43. The van der Waals surface area contributed by atoms with Crippen molar-refractivity contribution in [2.75, 3.05) is 5.32 Å². The van der Waals surface area contributed by atoms with Crippen molar-refractivity contribution in [3.05, 3.63) is 107 Å². The Morgan fingerprint density at radius 2 is 1.53 bits per heavy atom. The number of carbonyl (C=O) groups excluding carboxylic acids is 3. The first kappa shape index (κ1) is 19.5. The van der Waals surface area contributed by atoms with Crippen LogP contribution in [-0.4, -0.2) is 27.7 Å². The van der Waals surface area contributed by atoms with Crippen LogP contribution in [0.3, 0.4) is 0 Å². The minimum Gasteiger partial charge on any atom is -0.508 e. The number of phenolic OH excluding ortho intramolecular Hbond substituents is 1. The van der Waals surface area contributed by atoms with Crippen LogP contribution in [0.4, 0.5) is 5.69 Å². The Morgan fingerprint density at radius 3 is 2.28 bits per heavy atom. The van der Waals surface area contributed by atoms with Gasteiger partial charge < -0.3 is 10.4 Å². The average molecular weight is 422 g/mol. The minimum absolute atomic E-state index is 0.0790. The molecule has 0 atom stereocenters. The number of benzene rings is 4. The first-order valence-corrected chi connectivity index (χ1v) is 10.1. The minimum atomic E-state index is -0.337. The van der Waals surface area contributed by atoms with Crippen molar-refractivity contribution in [1.29, 1.82) is 0 Å². The summed E-state index contributed by atoms with van der Waals surface area (Å²) in [6, 6.07) is 24.0. The van der Waals surface area contributed by atoms with E-state index in [1.807, 2.05) is 12.1 Å². The van der Waals surface area contributed by atoms with Crippen molar-refractivity contribution in [2.45, 2.75) is 6.54 Å². The number of rotatable bonds is 4. The summed E-state index contributed by atoms with van der Waals surface area (Å²) in [6.07, 6.45) is 0. The third-order valence-electron chi connectivity index (χ3n) is 5.52. The quantitative estimate of drug-likeness (QED) is 0.471. The Morgan fingerprint density at radius 1 is 0.812 bits per heavy atom. The molecular formula is C26H18N2O4. The van der Waals surface area contributed by atoms with Crippen LogP contribution in [0.15, 0.2) is 84.9 Å². The number of aromatic hydroxyl groups is 1. The molecule has 0 aliphatic carbocycles. The summed E-state index contributed by atoms with van der Waals surface area (Å²) >= 11 is 0. The van der Waals surface area contributed by atoms with Gasteiger partial charge in [-0.2, -0.15) is 0 Å². The van der Waals surface area contributed by atoms with Gasteiger partial charge >= 0.3 is 0 Å². The van der Waals surface area contributed by atoms with Crippen LogP contribution < -0.4 is 5.32 Å². The average Bonchev–Trinajstić information content (AvgIpc) is 3.05. The number of amides is 3. The number of anilines is 1. The molecule has 2 N–H and O–H groups in total. The maximum absolute atomic E-state index is 12.9. The van der Waals surface area contributed by atoms with E-state index in [0.29, 0.717) is 27.9 Å². The number of nitrogens with one attached hydrogen (secondary N) is 1. The molecule has 6 nitrogen and oxygen atoms in total. The van der Waals surface area contributed by atoms with E-state index in [9.17, 15) is 19.5 Å². The van der Waals surface area contributed by atoms with Crippen molar-refractivity contribution < 1.29 is 19.5 Å². The van der Waals surface area contributed by atoms with E-state index in [4.69, 9.17) is 0 Å². The molecule has 1 aliphatic rings. The molecule has 0 aromatic heterocycles. The normalized spacial score (nSPS) is 12.8. The molecule has 5 rings (SSSR count). The highest BCUT2D eigenvalue weighted by atomic mass is 16.3. The van der Waals surface area contributed by atoms with Gasteiger partial charge in [0, 0.05) is 16.6 Å². The van der Waals surface area contributed by atoms with Crippen LogP contribution in [0, 0.1) is 0 Å². The van der Waals surface area contributed by atoms with Crippen molar-refractivity contribution in [2.24, 2.45) is 0 Å². The summed E-state index contributed by atoms with van der Waals surface area (Å²) in [6.45, 7) is 0.0790. The fourth-order valence-electron chi connectivity index (χ4n) is 3.94. The molecular weight excluding hydrogens is 404 g/mol. The maximum Gasteiger partial charge on any atom is 0.261 e. The predicted octanol–water partition coefficient (Wildman–Crippen LogP) is 4.59. The largest absolute Gasteiger partial charge is 0.508 e. The molecule has 4 aromatic rings. The lowest BCUT2D eigenvalue weighted by atomic mass is 10.1. The van der Waals surface area contributed by atoms with E-state index in [0.717, 1.165) is 10.8 Å². The molecule has 0 saturated carbocycles. The topological polar surface area (TPSA) is 86.7 Å². The summed E-state index contributed by atoms with van der Waals surface area (Å²) in [7, 11) is 0. The van der Waals surface area contributed by atoms with Crippen molar-refractivity contribution >= 4 is 34.2 Å². The van der Waals surface area contributed by atoms with Crippen LogP contribution in [0.1, 0.15) is 36.6 Å². The third-order valence-corrected chi connectivity index (χ3v) is 5.52. The SMILES string of the molecule is O=C(Nc1cccc2ccc(O)cc12)c1cccc(CN2C(=O)c3ccccc3C2=O)c1. The van der Waals surface area contributed by atoms with E-state index in [2.05, 4.69) is 5.32 Å². The maximum atomic E-state index is 12.9. The van der Waals surface area contributed by atoms with Crippen LogP contribution in [0.2, 0.25) is 0 Å². The summed E-state index contributed by atoms with van der Waals surface area (Å²) in [5.74, 6) is -0.890. The second-order valence-electron chi connectivity index (χ2n) is 7.61. The number of nitrogens with zero attached hydrogens (tertiary/aromatic N) is 1. The lowest BCUT2D eigenvalue weighted by Gasteiger charge is -2.15. The standard InChI is InChI=1S/C26H18N2O4/c29-19-12-11-17-6-4-10-23(22(17)14-19)27-24(30)18-7-3-5-16(13-18)15-28-25(31)20-8-1-2-9-21(20)26(28)32/h1-14,29H,15H2,(H,27,30). The number of carbonyl (C=O) groups is 3. The molecule has 1 heterocycles. The number of phenols is 1. The number of hydrogen-bond acceptors (Lipinski definition) is 4. The fourth-order valence-corrected chi connectivity index (χ4v) is 3.94. The highest BCUT2D eigenvalue weighted by molar-refractivity contribution is 6.21. The van der Waals surface area contributed by atoms with Gasteiger partial charge in [-0.3, -0.25) is 19.3 Å². The van der Waals surface area contributed by atoms with Crippen LogP contribution in [0.5, 0.6) is 5.75 Å². The smallest absolute Gasteiger partial charge is 0.261 e. The molecule has 0 unspecified atom stereocenters. The van der Waals surface area contributed by atoms with Crippen molar-refractivity contribution in [3.63, 3.8) is 0 Å². The van der Waals surface area contributed by atoms with Gasteiger partial charge in [-0.05, 0) is 53.4 Å². The second-order valence-corrected chi connectivity index (χ2v) is 7.61. The lowest BCUT2D eigenvalue weighted by Crippen LogP contribution is -2.29. The molecule has 4 aromatic carbocycles. The number of hydrogen-bond donors (Lipinski definition) is 2. The summed E-state index contributed by atoms with van der Waals surface area (Å²) < 4.78 is 0. The van der Waals surface area contributed by atoms with Gasteiger partial charge in [0.2, 0.25) is 0 Å². The molecule has 3 amide bonds. The van der Waals surface area contributed by atoms with Gasteiger partial charge in [0.25, 0.3) is 17.7 Å². The van der Waals surface area contributed by atoms with Crippen molar-refractivity contribution in [1.82, 2.24) is 4.90 Å². The predicted molar refractivity (Wildman–Crippen MR) is 121 cm³/mol. The summed E-state index contributed by atoms with van der Waals surface area (Å²) in [4.78, 5) is 39.4. The van der Waals surface area contributed by atoms with E-state index in [1.54, 1.807) is 72.8 Å². The van der Waals surface area contributed by atoms with Gasteiger partial charge in [-0.15, -0.1) is 0 Å². The Balaban J connectivity index is 1.38. The van der Waals surface area contributed by atoms with Gasteiger partial charge in [-0.25, -0.2) is 0 Å². The molecule has 0 radical (unpaired) electrons. The zero-order valence-corrected chi connectivity index (χ0v) is 16.9. The highest BCUT2D eigenvalue weighted by Gasteiger charge is 2.35. The molecule has 1 aliphatic heterocycles. The Hall–Kier alpha value is -4.45. The van der Waals surface area contributed by atoms with Crippen LogP contribution in [-0.2, 0) is 6.54 Å². The molecule has 0 saturated heterocycles. The van der Waals surface area contributed by atoms with E-state index >= 15 is 0 Å². The van der Waals surface area contributed by atoms with Crippen LogP contribution >= 0.6 is 0 Å². The van der Waals surface area contributed by atoms with Crippen molar-refractivity contribution in [3.8, 4) is 5.75 Å². The van der Waals surface area contributed by atoms with E-state index in [-0.39, 0.29) is 30.0 Å². The van der Waals surface area contributed by atoms with Gasteiger partial charge in [0.1, 0.15) is 5.75 Å². The molecule has 32 heavy (non-hydrogen) atoms. The fraction of sp³-hybridized carbons (Fsp3) is 0.0385. The first-order chi connectivity index (χ1) is 15.5. The third kappa shape index (κ3) is 3.37. The second kappa shape index (κ2) is 7.67. The molecule has 0 fully saturated rings. The highest BCUT2D eigenvalue weighted by Crippen LogP contribution is 2.28.